The molecule has 3 nitrogen and oxygen atoms in total. The van der Waals surface area contributed by atoms with Gasteiger partial charge < -0.3 is 5.73 Å². The van der Waals surface area contributed by atoms with Gasteiger partial charge in [-0.05, 0) is 0 Å². The van der Waals surface area contributed by atoms with Crippen LogP contribution in [0.15, 0.2) is 6.20 Å². The second kappa shape index (κ2) is 4.31. The van der Waals surface area contributed by atoms with Crippen LogP contribution in [0.3, 0.4) is 0 Å². The molecule has 0 unspecified atom stereocenters. The lowest BCUT2D eigenvalue weighted by Crippen LogP contribution is -2.04. The zero-order chi connectivity index (χ0) is 10.7. The average molecular weight is 218 g/mol. The Morgan fingerprint density at radius 3 is 2.71 bits per heavy atom. The summed E-state index contributed by atoms with van der Waals surface area (Å²) in [6.45, 7) is 0.0112. The molecule has 0 amide bonds. The maximum Gasteiger partial charge on any atom is 0.268 e. The van der Waals surface area contributed by atoms with E-state index in [1.165, 1.54) is 6.20 Å². The van der Waals surface area contributed by atoms with Crippen molar-refractivity contribution >= 4 is 11.6 Å². The van der Waals surface area contributed by atoms with Gasteiger partial charge in [0.15, 0.2) is 5.69 Å². The fourth-order valence-electron chi connectivity index (χ4n) is 0.976. The van der Waals surface area contributed by atoms with Crippen LogP contribution < -0.4 is 5.73 Å². The molecule has 0 atom stereocenters. The van der Waals surface area contributed by atoms with E-state index in [1.807, 2.05) is 0 Å². The molecule has 0 aromatic carbocycles. The maximum absolute atomic E-state index is 12.5. The molecule has 0 saturated carbocycles. The summed E-state index contributed by atoms with van der Waals surface area (Å²) < 4.78 is 25.0. The minimum Gasteiger partial charge on any atom is -0.326 e. The second-order valence-corrected chi connectivity index (χ2v) is 2.85. The smallest absolute Gasteiger partial charge is 0.268 e. The normalized spacial score (nSPS) is 10.3. The Morgan fingerprint density at radius 2 is 2.29 bits per heavy atom. The van der Waals surface area contributed by atoms with E-state index in [9.17, 15) is 8.78 Å². The Hall–Kier alpha value is -1.25. The van der Waals surface area contributed by atoms with Gasteiger partial charge >= 0.3 is 0 Å². The molecule has 0 spiro atoms. The van der Waals surface area contributed by atoms with Crippen molar-refractivity contribution in [1.82, 2.24) is 4.98 Å². The number of hydrogen-bond donors (Lipinski definition) is 1. The number of nitriles is 1. The van der Waals surface area contributed by atoms with Crippen LogP contribution in [0.1, 0.15) is 23.2 Å². The van der Waals surface area contributed by atoms with Crippen molar-refractivity contribution in [2.75, 3.05) is 0 Å². The third-order valence-corrected chi connectivity index (χ3v) is 2.11. The highest BCUT2D eigenvalue weighted by Gasteiger charge is 2.20. The van der Waals surface area contributed by atoms with Crippen LogP contribution in [-0.2, 0) is 6.54 Å². The van der Waals surface area contributed by atoms with E-state index in [0.717, 1.165) is 0 Å². The first-order chi connectivity index (χ1) is 6.61. The summed E-state index contributed by atoms with van der Waals surface area (Å²) in [5.41, 5.74) is 4.66. The molecule has 14 heavy (non-hydrogen) atoms. The van der Waals surface area contributed by atoms with Crippen LogP contribution in [0.4, 0.5) is 8.78 Å². The number of hydrogen-bond acceptors (Lipinski definition) is 3. The lowest BCUT2D eigenvalue weighted by Gasteiger charge is -2.07. The highest BCUT2D eigenvalue weighted by molar-refractivity contribution is 6.32. The Labute approximate surface area is 84.1 Å². The van der Waals surface area contributed by atoms with E-state index in [2.05, 4.69) is 4.98 Å². The summed E-state index contributed by atoms with van der Waals surface area (Å²) in [4.78, 5) is 3.54. The number of pyridine rings is 1. The van der Waals surface area contributed by atoms with Crippen LogP contribution >= 0.6 is 11.6 Å². The lowest BCUT2D eigenvalue weighted by atomic mass is 10.1. The molecule has 1 aromatic heterocycles. The quantitative estimate of drug-likeness (QED) is 0.824. The Kier molecular flexibility index (Phi) is 3.33. The monoisotopic (exact) mass is 217 g/mol. The summed E-state index contributed by atoms with van der Waals surface area (Å²) in [6.07, 6.45) is -1.59. The van der Waals surface area contributed by atoms with Gasteiger partial charge in [-0.2, -0.15) is 5.26 Å². The van der Waals surface area contributed by atoms with Gasteiger partial charge in [-0.15, -0.1) is 0 Å². The molecule has 0 aliphatic carbocycles. The van der Waals surface area contributed by atoms with E-state index < -0.39 is 12.0 Å². The van der Waals surface area contributed by atoms with Crippen molar-refractivity contribution in [3.63, 3.8) is 0 Å². The van der Waals surface area contributed by atoms with Crippen molar-refractivity contribution in [3.05, 3.63) is 28.0 Å². The van der Waals surface area contributed by atoms with Gasteiger partial charge in [0, 0.05) is 18.3 Å². The summed E-state index contributed by atoms with van der Waals surface area (Å²) in [5, 5.41) is 8.35. The van der Waals surface area contributed by atoms with Crippen LogP contribution in [0.25, 0.3) is 0 Å². The third kappa shape index (κ3) is 1.81. The van der Waals surface area contributed by atoms with Crippen molar-refractivity contribution in [2.45, 2.75) is 13.0 Å². The summed E-state index contributed by atoms with van der Waals surface area (Å²) in [7, 11) is 0. The summed E-state index contributed by atoms with van der Waals surface area (Å²) in [5.74, 6) is 0. The molecule has 0 saturated heterocycles. The van der Waals surface area contributed by atoms with Gasteiger partial charge in [0.25, 0.3) is 6.43 Å². The van der Waals surface area contributed by atoms with E-state index in [0.29, 0.717) is 5.56 Å². The molecule has 0 aliphatic heterocycles. The molecule has 74 valence electrons. The molecule has 0 fully saturated rings. The van der Waals surface area contributed by atoms with E-state index in [4.69, 9.17) is 22.6 Å². The van der Waals surface area contributed by atoms with Crippen LogP contribution in [-0.4, -0.2) is 4.98 Å². The van der Waals surface area contributed by atoms with Gasteiger partial charge in [0.2, 0.25) is 0 Å². The summed E-state index contributed by atoms with van der Waals surface area (Å²) in [6, 6.07) is 1.55. The molecule has 6 heteroatoms. The molecular formula is C8H6ClF2N3. The van der Waals surface area contributed by atoms with Crippen LogP contribution in [0.5, 0.6) is 0 Å². The Bertz CT molecular complexity index is 387. The highest BCUT2D eigenvalue weighted by atomic mass is 35.5. The number of rotatable bonds is 2. The number of nitrogens with zero attached hydrogens (tertiary/aromatic N) is 2. The van der Waals surface area contributed by atoms with Crippen LogP contribution in [0.2, 0.25) is 5.02 Å². The summed E-state index contributed by atoms with van der Waals surface area (Å²) >= 11 is 5.64. The second-order valence-electron chi connectivity index (χ2n) is 2.48. The van der Waals surface area contributed by atoms with Gasteiger partial charge in [0.1, 0.15) is 6.07 Å². The molecule has 1 heterocycles. The third-order valence-electron chi connectivity index (χ3n) is 1.67. The molecule has 1 rings (SSSR count). The lowest BCUT2D eigenvalue weighted by molar-refractivity contribution is 0.150. The predicted molar refractivity (Wildman–Crippen MR) is 46.8 cm³/mol. The molecule has 0 aliphatic rings. The number of nitrogens with two attached hydrogens (primary N) is 1. The van der Waals surface area contributed by atoms with Crippen LogP contribution in [0, 0.1) is 11.3 Å². The maximum atomic E-state index is 12.5. The SMILES string of the molecule is N#Cc1ncc(CN)c(Cl)c1C(F)F. The van der Waals surface area contributed by atoms with Gasteiger partial charge in [-0.1, -0.05) is 11.6 Å². The molecular weight excluding hydrogens is 212 g/mol. The first-order valence-electron chi connectivity index (χ1n) is 3.67. The first-order valence-corrected chi connectivity index (χ1v) is 4.05. The molecule has 0 radical (unpaired) electrons. The minimum absolute atomic E-state index is 0.0112. The van der Waals surface area contributed by atoms with Gasteiger partial charge in [-0.3, -0.25) is 0 Å². The van der Waals surface area contributed by atoms with Crippen molar-refractivity contribution in [1.29, 1.82) is 5.26 Å². The fourth-order valence-corrected chi connectivity index (χ4v) is 1.27. The Balaban J connectivity index is 3.41. The van der Waals surface area contributed by atoms with Crippen molar-refractivity contribution in [3.8, 4) is 6.07 Å². The van der Waals surface area contributed by atoms with Crippen molar-refractivity contribution in [2.24, 2.45) is 5.73 Å². The topological polar surface area (TPSA) is 62.7 Å². The van der Waals surface area contributed by atoms with Gasteiger partial charge in [-0.25, -0.2) is 13.8 Å². The highest BCUT2D eigenvalue weighted by Crippen LogP contribution is 2.31. The fraction of sp³-hybridized carbons (Fsp3) is 0.250. The van der Waals surface area contributed by atoms with Gasteiger partial charge in [0.05, 0.1) is 10.6 Å². The first kappa shape index (κ1) is 10.8. The number of aromatic nitrogens is 1. The van der Waals surface area contributed by atoms with E-state index >= 15 is 0 Å². The minimum atomic E-state index is -2.82. The standard InChI is InChI=1S/C8H6ClF2N3/c9-7-4(1-12)3-14-5(2-13)6(7)8(10)11/h3,8H,1,12H2. The molecule has 2 N–H and O–H groups in total. The molecule has 0 bridgehead atoms. The zero-order valence-corrected chi connectivity index (χ0v) is 7.72. The number of alkyl halides is 2. The van der Waals surface area contributed by atoms with E-state index in [1.54, 1.807) is 6.07 Å². The molecule has 1 aromatic rings. The van der Waals surface area contributed by atoms with E-state index in [-0.39, 0.29) is 17.3 Å². The number of halogens is 3. The average Bonchev–Trinajstić information content (AvgIpc) is 2.16. The predicted octanol–water partition coefficient (Wildman–Crippen LogP) is 2.00. The van der Waals surface area contributed by atoms with Crippen molar-refractivity contribution < 1.29 is 8.78 Å². The Morgan fingerprint density at radius 1 is 1.64 bits per heavy atom. The zero-order valence-electron chi connectivity index (χ0n) is 6.97. The largest absolute Gasteiger partial charge is 0.326 e.